The zero-order chi connectivity index (χ0) is 46.9. The van der Waals surface area contributed by atoms with E-state index in [1.54, 1.807) is 0 Å². The molecule has 4 aliphatic carbocycles. The van der Waals surface area contributed by atoms with Crippen molar-refractivity contribution in [3.05, 3.63) is 318 Å². The second-order valence-electron chi connectivity index (χ2n) is 18.9. The number of allylic oxidation sites excluding steroid dienone is 14. The normalized spacial score (nSPS) is 18.5. The van der Waals surface area contributed by atoms with Gasteiger partial charge in [0.25, 0.3) is 0 Å². The number of fused-ring (bicyclic) bond motifs is 6. The van der Waals surface area contributed by atoms with Crippen molar-refractivity contribution in [3.63, 3.8) is 0 Å². The maximum absolute atomic E-state index is 2.64. The highest BCUT2D eigenvalue weighted by Crippen LogP contribution is 2.65. The summed E-state index contributed by atoms with van der Waals surface area (Å²) < 4.78 is 0. The van der Waals surface area contributed by atoms with Gasteiger partial charge in [0, 0.05) is 22.9 Å². The Morgan fingerprint density at radius 2 is 1.11 bits per heavy atom. The number of nitrogens with zero attached hydrogens (tertiary/aromatic N) is 1. The van der Waals surface area contributed by atoms with Crippen LogP contribution in [0.25, 0.3) is 33.4 Å². The third kappa shape index (κ3) is 7.15. The van der Waals surface area contributed by atoms with Crippen LogP contribution in [0.2, 0.25) is 0 Å². The second kappa shape index (κ2) is 18.3. The molecule has 12 rings (SSSR count). The van der Waals surface area contributed by atoms with Gasteiger partial charge in [0.1, 0.15) is 0 Å². The van der Waals surface area contributed by atoms with E-state index in [2.05, 4.69) is 285 Å². The summed E-state index contributed by atoms with van der Waals surface area (Å²) in [6, 6.07) is 76.9. The lowest BCUT2D eigenvalue weighted by Gasteiger charge is -2.49. The molecule has 0 bridgehead atoms. The lowest BCUT2D eigenvalue weighted by Crippen LogP contribution is -2.42. The minimum absolute atomic E-state index is 0.366. The van der Waals surface area contributed by atoms with Gasteiger partial charge in [-0.2, -0.15) is 0 Å². The quantitative estimate of drug-likeness (QED) is 0.124. The van der Waals surface area contributed by atoms with Gasteiger partial charge in [0.05, 0.1) is 16.5 Å². The zero-order valence-corrected chi connectivity index (χ0v) is 39.6. The first kappa shape index (κ1) is 43.0. The van der Waals surface area contributed by atoms with Gasteiger partial charge in [-0.25, -0.2) is 0 Å². The second-order valence-corrected chi connectivity index (χ2v) is 18.9. The molecule has 0 aliphatic heterocycles. The van der Waals surface area contributed by atoms with Gasteiger partial charge in [-0.1, -0.05) is 243 Å². The molecule has 0 saturated carbocycles. The van der Waals surface area contributed by atoms with Crippen LogP contribution in [-0.4, -0.2) is 0 Å². The van der Waals surface area contributed by atoms with Gasteiger partial charge >= 0.3 is 0 Å². The van der Waals surface area contributed by atoms with Crippen molar-refractivity contribution in [2.45, 2.75) is 42.9 Å². The summed E-state index contributed by atoms with van der Waals surface area (Å²) in [6.07, 6.45) is 28.4. The summed E-state index contributed by atoms with van der Waals surface area (Å²) in [7, 11) is 0. The molecule has 1 nitrogen and oxygen atoms in total. The van der Waals surface area contributed by atoms with Crippen molar-refractivity contribution in [2.24, 2.45) is 0 Å². The molecular formula is C69H55N. The lowest BCUT2D eigenvalue weighted by atomic mass is 9.53. The Hall–Kier alpha value is -8.26. The third-order valence-electron chi connectivity index (χ3n) is 15.2. The number of benzene rings is 8. The topological polar surface area (TPSA) is 3.24 Å². The van der Waals surface area contributed by atoms with Crippen molar-refractivity contribution < 1.29 is 0 Å². The Kier molecular flexibility index (Phi) is 11.3. The number of anilines is 3. The van der Waals surface area contributed by atoms with Crippen LogP contribution < -0.4 is 4.90 Å². The molecule has 0 amide bonds. The van der Waals surface area contributed by atoms with E-state index in [0.717, 1.165) is 36.3 Å². The largest absolute Gasteiger partial charge is 0.310 e. The van der Waals surface area contributed by atoms with E-state index < -0.39 is 10.8 Å². The van der Waals surface area contributed by atoms with Crippen molar-refractivity contribution in [3.8, 4) is 33.4 Å². The van der Waals surface area contributed by atoms with Crippen molar-refractivity contribution in [1.82, 2.24) is 0 Å². The Morgan fingerprint density at radius 1 is 0.529 bits per heavy atom. The van der Waals surface area contributed by atoms with Crippen molar-refractivity contribution >= 4 is 17.1 Å². The summed E-state index contributed by atoms with van der Waals surface area (Å²) in [5, 5.41) is 0. The molecule has 2 atom stereocenters. The van der Waals surface area contributed by atoms with E-state index in [1.807, 2.05) is 0 Å². The van der Waals surface area contributed by atoms with E-state index >= 15 is 0 Å². The summed E-state index contributed by atoms with van der Waals surface area (Å²) in [5.41, 5.74) is 20.4. The first-order valence-electron chi connectivity index (χ1n) is 25.0. The predicted octanol–water partition coefficient (Wildman–Crippen LogP) is 18.1. The van der Waals surface area contributed by atoms with Crippen LogP contribution >= 0.6 is 0 Å². The monoisotopic (exact) mass is 897 g/mol. The van der Waals surface area contributed by atoms with Crippen LogP contribution in [0, 0.1) is 0 Å². The molecule has 0 heterocycles. The highest BCUT2D eigenvalue weighted by Gasteiger charge is 2.55. The molecule has 8 aromatic carbocycles. The standard InChI is InChI=1S/C69H55N/c1-2-3-8-30-58-49-68(56-26-13-6-14-27-56,57-28-15-7-16-29-57)63-33-19-20-34-64(63)69(58)62-32-18-17-31-61(62)67-65(69)35-21-36-66(67)70(59-45-41-54(42-46-59)51-24-11-5-12-25-51)60-47-43-55(44-48-60)53-39-37-52(38-40-53)50-22-9-4-10-23-50/h2-18,20-24,26-32,34-49,51H,19,25,33H2,1H3/b3-2-,30-8-. The van der Waals surface area contributed by atoms with Gasteiger partial charge in [-0.05, 0) is 129 Å². The van der Waals surface area contributed by atoms with Gasteiger partial charge in [-0.15, -0.1) is 0 Å². The summed E-state index contributed by atoms with van der Waals surface area (Å²) in [6.45, 7) is 2.10. The highest BCUT2D eigenvalue weighted by atomic mass is 15.1. The van der Waals surface area contributed by atoms with E-state index in [0.29, 0.717) is 5.92 Å². The molecule has 336 valence electrons. The first-order valence-corrected chi connectivity index (χ1v) is 25.0. The molecule has 0 radical (unpaired) electrons. The summed E-state index contributed by atoms with van der Waals surface area (Å²) in [4.78, 5) is 2.50. The van der Waals surface area contributed by atoms with Gasteiger partial charge in [-0.3, -0.25) is 0 Å². The Morgan fingerprint density at radius 3 is 1.76 bits per heavy atom. The van der Waals surface area contributed by atoms with Crippen LogP contribution in [0.4, 0.5) is 17.1 Å². The molecule has 70 heavy (non-hydrogen) atoms. The molecule has 0 saturated heterocycles. The van der Waals surface area contributed by atoms with Crippen LogP contribution in [0.5, 0.6) is 0 Å². The number of rotatable bonds is 10. The molecule has 0 fully saturated rings. The van der Waals surface area contributed by atoms with E-state index in [1.165, 1.54) is 77.9 Å². The van der Waals surface area contributed by atoms with Crippen LogP contribution in [-0.2, 0) is 10.8 Å². The van der Waals surface area contributed by atoms with Gasteiger partial charge in [0.2, 0.25) is 0 Å². The predicted molar refractivity (Wildman–Crippen MR) is 295 cm³/mol. The fourth-order valence-electron chi connectivity index (χ4n) is 12.0. The fourth-order valence-corrected chi connectivity index (χ4v) is 12.0. The van der Waals surface area contributed by atoms with Crippen molar-refractivity contribution in [2.75, 3.05) is 4.90 Å². The summed E-state index contributed by atoms with van der Waals surface area (Å²) in [5.74, 6) is 0.366. The zero-order valence-electron chi connectivity index (χ0n) is 39.6. The molecule has 1 heteroatoms. The average molecular weight is 898 g/mol. The molecular weight excluding hydrogens is 843 g/mol. The Bertz CT molecular complexity index is 3380. The Labute approximate surface area is 413 Å². The lowest BCUT2D eigenvalue weighted by molar-refractivity contribution is 0.605. The average Bonchev–Trinajstić information content (AvgIpc) is 3.74. The maximum atomic E-state index is 2.64. The van der Waals surface area contributed by atoms with Crippen LogP contribution in [0.15, 0.2) is 290 Å². The van der Waals surface area contributed by atoms with Gasteiger partial charge in [0.15, 0.2) is 0 Å². The number of hydrogen-bond donors (Lipinski definition) is 0. The maximum Gasteiger partial charge on any atom is 0.0711 e. The van der Waals surface area contributed by atoms with Crippen molar-refractivity contribution in [1.29, 1.82) is 0 Å². The molecule has 0 aromatic heterocycles. The van der Waals surface area contributed by atoms with E-state index in [4.69, 9.17) is 0 Å². The van der Waals surface area contributed by atoms with E-state index in [9.17, 15) is 0 Å². The highest BCUT2D eigenvalue weighted by molar-refractivity contribution is 5.98. The minimum atomic E-state index is -0.578. The third-order valence-corrected chi connectivity index (χ3v) is 15.2. The van der Waals surface area contributed by atoms with E-state index in [-0.39, 0.29) is 0 Å². The first-order chi connectivity index (χ1) is 34.7. The number of hydrogen-bond acceptors (Lipinski definition) is 1. The van der Waals surface area contributed by atoms with Crippen LogP contribution in [0.1, 0.15) is 59.9 Å². The van der Waals surface area contributed by atoms with Crippen LogP contribution in [0.3, 0.4) is 0 Å². The van der Waals surface area contributed by atoms with Gasteiger partial charge < -0.3 is 4.90 Å². The summed E-state index contributed by atoms with van der Waals surface area (Å²) >= 11 is 0. The SMILES string of the molecule is C/C=C\C=C/C1=CC(c2ccccc2)(c2ccccc2)C2=C(C=CCC2)C12c1ccccc1-c1c(N(c3ccc(-c4ccc(-c5ccccc5)cc4)cc3)c3ccc(C4C=CC=CC4)cc3)cccc12. The molecule has 0 N–H and O–H groups in total. The fraction of sp³-hybridized carbons (Fsp3) is 0.101. The molecule has 8 aromatic rings. The Balaban J connectivity index is 1.07. The molecule has 1 spiro atoms. The minimum Gasteiger partial charge on any atom is -0.310 e. The smallest absolute Gasteiger partial charge is 0.0711 e. The molecule has 2 unspecified atom stereocenters. The molecule has 4 aliphatic rings.